The highest BCUT2D eigenvalue weighted by Crippen LogP contribution is 2.59. The van der Waals surface area contributed by atoms with E-state index in [1.807, 2.05) is 11.8 Å². The van der Waals surface area contributed by atoms with Crippen molar-refractivity contribution >= 4 is 33.4 Å². The van der Waals surface area contributed by atoms with Crippen LogP contribution in [0.2, 0.25) is 0 Å². The smallest absolute Gasteiger partial charge is 0.348 e. The van der Waals surface area contributed by atoms with Gasteiger partial charge in [0.25, 0.3) is 15.9 Å². The van der Waals surface area contributed by atoms with Gasteiger partial charge < -0.3 is 5.32 Å². The van der Waals surface area contributed by atoms with Gasteiger partial charge in [-0.1, -0.05) is 18.2 Å². The van der Waals surface area contributed by atoms with Crippen LogP contribution in [0, 0.1) is 11.7 Å². The molecule has 1 N–H and O–H groups in total. The van der Waals surface area contributed by atoms with Crippen molar-refractivity contribution in [3.8, 4) is 0 Å². The summed E-state index contributed by atoms with van der Waals surface area (Å²) in [7, 11) is -4.04. The quantitative estimate of drug-likeness (QED) is 0.325. The van der Waals surface area contributed by atoms with Gasteiger partial charge in [-0.2, -0.15) is 24.9 Å². The number of hydrogen-bond donors (Lipinski definition) is 1. The van der Waals surface area contributed by atoms with E-state index in [1.165, 1.54) is 40.7 Å². The maximum Gasteiger partial charge on any atom is 0.416 e. The van der Waals surface area contributed by atoms with Crippen molar-refractivity contribution in [2.45, 2.75) is 54.8 Å². The van der Waals surface area contributed by atoms with Gasteiger partial charge in [0.05, 0.1) is 22.2 Å². The molecule has 0 radical (unpaired) electrons. The van der Waals surface area contributed by atoms with Crippen LogP contribution >= 0.6 is 11.8 Å². The molecule has 11 heteroatoms. The summed E-state index contributed by atoms with van der Waals surface area (Å²) in [6, 6.07) is 14.5. The minimum Gasteiger partial charge on any atom is -0.348 e. The number of halogens is 4. The molecule has 0 bridgehead atoms. The van der Waals surface area contributed by atoms with Gasteiger partial charge in [0.2, 0.25) is 0 Å². The maximum atomic E-state index is 14.1. The molecule has 3 aromatic carbocycles. The van der Waals surface area contributed by atoms with Crippen LogP contribution in [0.4, 0.5) is 23.2 Å². The van der Waals surface area contributed by atoms with Crippen molar-refractivity contribution in [3.05, 3.63) is 94.8 Å². The Morgan fingerprint density at radius 2 is 1.68 bits per heavy atom. The van der Waals surface area contributed by atoms with Crippen molar-refractivity contribution in [1.82, 2.24) is 5.32 Å². The van der Waals surface area contributed by atoms with Crippen LogP contribution < -0.4 is 9.62 Å². The Kier molecular flexibility index (Phi) is 7.09. The minimum absolute atomic E-state index is 0.00267. The average molecular weight is 605 g/mol. The number of nitrogens with zero attached hydrogens (tertiary/aromatic N) is 1. The number of nitrogens with one attached hydrogen (secondary N) is 1. The van der Waals surface area contributed by atoms with Gasteiger partial charge in [0.15, 0.2) is 0 Å². The summed E-state index contributed by atoms with van der Waals surface area (Å²) in [6.07, 6.45) is -1.27. The number of sulfonamides is 1. The number of carbonyl (C=O) groups is 1. The normalized spacial score (nSPS) is 20.2. The highest BCUT2D eigenvalue weighted by Gasteiger charge is 2.59. The van der Waals surface area contributed by atoms with E-state index in [0.717, 1.165) is 61.0 Å². The van der Waals surface area contributed by atoms with Crippen molar-refractivity contribution in [3.63, 3.8) is 0 Å². The van der Waals surface area contributed by atoms with Crippen LogP contribution in [-0.2, 0) is 28.2 Å². The summed E-state index contributed by atoms with van der Waals surface area (Å²) in [5.74, 6) is 0.791. The van der Waals surface area contributed by atoms with Gasteiger partial charge in [0.1, 0.15) is 5.82 Å². The highest BCUT2D eigenvalue weighted by molar-refractivity contribution is 7.99. The van der Waals surface area contributed by atoms with Crippen LogP contribution in [-0.4, -0.2) is 31.9 Å². The van der Waals surface area contributed by atoms with Crippen molar-refractivity contribution < 1.29 is 30.8 Å². The number of thioether (sulfide) groups is 1. The van der Waals surface area contributed by atoms with Gasteiger partial charge in [-0.15, -0.1) is 0 Å². The third kappa shape index (κ3) is 5.01. The minimum atomic E-state index is -4.54. The molecule has 6 rings (SSSR count). The first-order chi connectivity index (χ1) is 19.5. The zero-order valence-corrected chi connectivity index (χ0v) is 23.6. The number of amides is 1. The first-order valence-corrected chi connectivity index (χ1v) is 16.1. The number of fused-ring (bicyclic) bond motifs is 2. The molecule has 5 nitrogen and oxygen atoms in total. The van der Waals surface area contributed by atoms with E-state index in [-0.39, 0.29) is 34.5 Å². The number of carbonyl (C=O) groups excluding carboxylic acids is 1. The Labute approximate surface area is 240 Å². The molecule has 2 heterocycles. The molecule has 0 aromatic heterocycles. The molecule has 1 aliphatic carbocycles. The summed E-state index contributed by atoms with van der Waals surface area (Å²) in [5, 5.41) is 2.62. The Balaban J connectivity index is 1.38. The fourth-order valence-electron chi connectivity index (χ4n) is 6.38. The van der Waals surface area contributed by atoms with E-state index >= 15 is 0 Å². The van der Waals surface area contributed by atoms with Crippen molar-refractivity contribution in [2.24, 2.45) is 5.92 Å². The van der Waals surface area contributed by atoms with E-state index in [4.69, 9.17) is 0 Å². The summed E-state index contributed by atoms with van der Waals surface area (Å²) in [5.41, 5.74) is 0.221. The summed E-state index contributed by atoms with van der Waals surface area (Å²) >= 11 is 1.81. The van der Waals surface area contributed by atoms with E-state index in [0.29, 0.717) is 5.69 Å². The molecule has 216 valence electrons. The van der Waals surface area contributed by atoms with Gasteiger partial charge in [-0.05, 0) is 103 Å². The molecular weight excluding hydrogens is 576 g/mol. The first kappa shape index (κ1) is 28.1. The fraction of sp³-hybridized carbons (Fsp3) is 0.367. The molecule has 2 fully saturated rings. The molecule has 1 saturated heterocycles. The number of benzene rings is 3. The second-order valence-electron chi connectivity index (χ2n) is 10.9. The second kappa shape index (κ2) is 10.3. The highest BCUT2D eigenvalue weighted by atomic mass is 32.2. The van der Waals surface area contributed by atoms with Crippen LogP contribution in [0.3, 0.4) is 0 Å². The van der Waals surface area contributed by atoms with E-state index in [2.05, 4.69) is 5.32 Å². The number of anilines is 1. The maximum absolute atomic E-state index is 14.1. The van der Waals surface area contributed by atoms with E-state index in [9.17, 15) is 30.8 Å². The number of alkyl halides is 3. The van der Waals surface area contributed by atoms with E-state index in [1.54, 1.807) is 12.1 Å². The Morgan fingerprint density at radius 1 is 1.00 bits per heavy atom. The molecule has 1 amide bonds. The second-order valence-corrected chi connectivity index (χ2v) is 13.9. The third-order valence-electron chi connectivity index (χ3n) is 8.44. The Morgan fingerprint density at radius 3 is 2.34 bits per heavy atom. The number of hydrogen-bond acceptors (Lipinski definition) is 4. The summed E-state index contributed by atoms with van der Waals surface area (Å²) in [6.45, 7) is -0.302. The van der Waals surface area contributed by atoms with Gasteiger partial charge in [-0.3, -0.25) is 9.10 Å². The largest absolute Gasteiger partial charge is 0.416 e. The standard InChI is InChI=1S/C30H28F4N2O3S2/c31-22-8-10-23(11-9-22)41(38,39)36-26-12-7-20(28(37)35-18-21-3-1-2-4-24(21)30(32,33)34)17-25(26)29(13-15-40-16-14-29)27(36)19-5-6-19/h1-4,7-12,17,19,27H,5-6,13-16,18H2,(H,35,37). The first-order valence-electron chi connectivity index (χ1n) is 13.5. The van der Waals surface area contributed by atoms with Crippen LogP contribution in [0.1, 0.15) is 52.7 Å². The molecule has 1 spiro atoms. The Hall–Kier alpha value is -3.05. The molecule has 1 unspecified atom stereocenters. The summed E-state index contributed by atoms with van der Waals surface area (Å²) < 4.78 is 83.7. The predicted octanol–water partition coefficient (Wildman–Crippen LogP) is 6.53. The molecule has 3 aromatic rings. The molecule has 2 aliphatic heterocycles. The number of rotatable bonds is 6. The lowest BCUT2D eigenvalue weighted by molar-refractivity contribution is -0.138. The monoisotopic (exact) mass is 604 g/mol. The Bertz CT molecular complexity index is 1580. The topological polar surface area (TPSA) is 66.5 Å². The van der Waals surface area contributed by atoms with Gasteiger partial charge >= 0.3 is 6.18 Å². The van der Waals surface area contributed by atoms with Crippen LogP contribution in [0.15, 0.2) is 71.6 Å². The lowest BCUT2D eigenvalue weighted by Gasteiger charge is -2.41. The molecule has 3 aliphatic rings. The zero-order chi connectivity index (χ0) is 29.0. The van der Waals surface area contributed by atoms with Gasteiger partial charge in [0, 0.05) is 17.5 Å². The summed E-state index contributed by atoms with van der Waals surface area (Å²) in [4.78, 5) is 13.2. The molecule has 41 heavy (non-hydrogen) atoms. The lowest BCUT2D eigenvalue weighted by Crippen LogP contribution is -2.50. The average Bonchev–Trinajstić information content (AvgIpc) is 3.76. The van der Waals surface area contributed by atoms with Gasteiger partial charge in [-0.25, -0.2) is 12.8 Å². The fourth-order valence-corrected chi connectivity index (χ4v) is 9.40. The zero-order valence-electron chi connectivity index (χ0n) is 22.0. The van der Waals surface area contributed by atoms with E-state index < -0.39 is 38.9 Å². The lowest BCUT2D eigenvalue weighted by atomic mass is 9.70. The van der Waals surface area contributed by atoms with Crippen LogP contribution in [0.5, 0.6) is 0 Å². The molecule has 1 saturated carbocycles. The van der Waals surface area contributed by atoms with Crippen molar-refractivity contribution in [1.29, 1.82) is 0 Å². The SMILES string of the molecule is O=C(NCc1ccccc1C(F)(F)F)c1ccc2c(c1)C1(CCSCC1)C(C1CC1)N2S(=O)(=O)c1ccc(F)cc1. The predicted molar refractivity (Wildman–Crippen MR) is 150 cm³/mol. The van der Waals surface area contributed by atoms with Crippen LogP contribution in [0.25, 0.3) is 0 Å². The van der Waals surface area contributed by atoms with Crippen molar-refractivity contribution in [2.75, 3.05) is 15.8 Å². The third-order valence-corrected chi connectivity index (χ3v) is 11.2. The molecular formula is C30H28F4N2O3S2. The molecule has 1 atom stereocenters.